The molecule has 30 heavy (non-hydrogen) atoms. The van der Waals surface area contributed by atoms with Crippen LogP contribution in [-0.2, 0) is 14.4 Å². The van der Waals surface area contributed by atoms with Gasteiger partial charge in [-0.2, -0.15) is 11.8 Å². The van der Waals surface area contributed by atoms with Crippen molar-refractivity contribution in [2.45, 2.75) is 32.7 Å². The standard InChI is InChI=1S/C21H26N4O3S2/c1-13-14(2)30-21(22-13)24-20(28)17(9-10-29-3)23-19(27)15-11-18(26)25(12-15)16-7-5-4-6-8-16/h4-8,15,17H,9-12H2,1-3H3,(H,23,27)(H,22,24,28)/t15-,17+/m1/s1. The van der Waals surface area contributed by atoms with E-state index in [0.29, 0.717) is 18.1 Å². The van der Waals surface area contributed by atoms with Crippen molar-refractivity contribution in [3.05, 3.63) is 40.9 Å². The Morgan fingerprint density at radius 3 is 2.67 bits per heavy atom. The second-order valence-electron chi connectivity index (χ2n) is 7.23. The highest BCUT2D eigenvalue weighted by Crippen LogP contribution is 2.25. The van der Waals surface area contributed by atoms with Gasteiger partial charge in [0.1, 0.15) is 6.04 Å². The van der Waals surface area contributed by atoms with Crippen molar-refractivity contribution < 1.29 is 14.4 Å². The molecule has 7 nitrogen and oxygen atoms in total. The molecule has 1 aliphatic heterocycles. The maximum absolute atomic E-state index is 12.9. The molecule has 2 aromatic rings. The van der Waals surface area contributed by atoms with E-state index >= 15 is 0 Å². The zero-order chi connectivity index (χ0) is 21.7. The van der Waals surface area contributed by atoms with Crippen molar-refractivity contribution in [3.63, 3.8) is 0 Å². The van der Waals surface area contributed by atoms with Crippen molar-refractivity contribution in [1.29, 1.82) is 0 Å². The molecule has 1 saturated heterocycles. The molecule has 9 heteroatoms. The van der Waals surface area contributed by atoms with Crippen molar-refractivity contribution >= 4 is 51.6 Å². The highest BCUT2D eigenvalue weighted by atomic mass is 32.2. The number of rotatable bonds is 8. The van der Waals surface area contributed by atoms with E-state index in [1.807, 2.05) is 50.4 Å². The van der Waals surface area contributed by atoms with Crippen LogP contribution in [0.4, 0.5) is 10.8 Å². The minimum atomic E-state index is -0.671. The van der Waals surface area contributed by atoms with Crippen LogP contribution in [0.5, 0.6) is 0 Å². The Labute approximate surface area is 184 Å². The van der Waals surface area contributed by atoms with Gasteiger partial charge in [-0.05, 0) is 44.4 Å². The van der Waals surface area contributed by atoms with E-state index in [0.717, 1.165) is 22.0 Å². The number of nitrogens with zero attached hydrogens (tertiary/aromatic N) is 2. The lowest BCUT2D eigenvalue weighted by Crippen LogP contribution is -2.46. The molecule has 2 heterocycles. The summed E-state index contributed by atoms with van der Waals surface area (Å²) in [7, 11) is 0. The van der Waals surface area contributed by atoms with Gasteiger partial charge >= 0.3 is 0 Å². The zero-order valence-electron chi connectivity index (χ0n) is 17.3. The van der Waals surface area contributed by atoms with E-state index in [9.17, 15) is 14.4 Å². The van der Waals surface area contributed by atoms with Crippen molar-refractivity contribution in [2.24, 2.45) is 5.92 Å². The number of aryl methyl sites for hydroxylation is 2. The predicted molar refractivity (Wildman–Crippen MR) is 122 cm³/mol. The molecule has 160 valence electrons. The quantitative estimate of drug-likeness (QED) is 0.650. The van der Waals surface area contributed by atoms with Crippen LogP contribution in [0, 0.1) is 19.8 Å². The molecule has 3 amide bonds. The van der Waals surface area contributed by atoms with Crippen LogP contribution in [0.1, 0.15) is 23.4 Å². The molecule has 1 aromatic heterocycles. The van der Waals surface area contributed by atoms with Crippen molar-refractivity contribution in [2.75, 3.05) is 28.8 Å². The third kappa shape index (κ3) is 5.40. The molecule has 0 unspecified atom stereocenters. The van der Waals surface area contributed by atoms with Crippen LogP contribution in [0.25, 0.3) is 0 Å². The topological polar surface area (TPSA) is 91.4 Å². The van der Waals surface area contributed by atoms with Gasteiger partial charge in [0.2, 0.25) is 17.7 Å². The fourth-order valence-electron chi connectivity index (χ4n) is 3.25. The lowest BCUT2D eigenvalue weighted by molar-refractivity contribution is -0.129. The molecule has 2 atom stereocenters. The first kappa shape index (κ1) is 22.3. The molecule has 1 fully saturated rings. The minimum Gasteiger partial charge on any atom is -0.344 e. The Balaban J connectivity index is 1.64. The van der Waals surface area contributed by atoms with E-state index in [4.69, 9.17) is 0 Å². The largest absolute Gasteiger partial charge is 0.344 e. The summed E-state index contributed by atoms with van der Waals surface area (Å²) in [6.45, 7) is 4.16. The van der Waals surface area contributed by atoms with Gasteiger partial charge in [-0.25, -0.2) is 4.98 Å². The lowest BCUT2D eigenvalue weighted by Gasteiger charge is -2.20. The average molecular weight is 447 g/mol. The molecule has 0 saturated carbocycles. The first-order valence-corrected chi connectivity index (χ1v) is 12.0. The molecular weight excluding hydrogens is 420 g/mol. The summed E-state index contributed by atoms with van der Waals surface area (Å²) in [5, 5.41) is 6.21. The lowest BCUT2D eigenvalue weighted by atomic mass is 10.1. The Kier molecular flexibility index (Phi) is 7.49. The summed E-state index contributed by atoms with van der Waals surface area (Å²) in [5.41, 5.74) is 1.66. The van der Waals surface area contributed by atoms with Crippen LogP contribution < -0.4 is 15.5 Å². The number of carbonyl (C=O) groups excluding carboxylic acids is 3. The Morgan fingerprint density at radius 2 is 2.03 bits per heavy atom. The number of amides is 3. The number of thioether (sulfide) groups is 1. The predicted octanol–water partition coefficient (Wildman–Crippen LogP) is 2.99. The number of para-hydroxylation sites is 1. The normalized spacial score (nSPS) is 17.1. The van der Waals surface area contributed by atoms with Gasteiger partial charge in [-0.15, -0.1) is 11.3 Å². The minimum absolute atomic E-state index is 0.0831. The zero-order valence-corrected chi connectivity index (χ0v) is 18.9. The Bertz CT molecular complexity index is 897. The van der Waals surface area contributed by atoms with E-state index in [2.05, 4.69) is 15.6 Å². The summed E-state index contributed by atoms with van der Waals surface area (Å²) < 4.78 is 0. The first-order valence-electron chi connectivity index (χ1n) is 9.78. The van der Waals surface area contributed by atoms with E-state index in [1.54, 1.807) is 16.7 Å². The summed E-state index contributed by atoms with van der Waals surface area (Å²) >= 11 is 3.02. The second-order valence-corrected chi connectivity index (χ2v) is 9.42. The van der Waals surface area contributed by atoms with E-state index in [-0.39, 0.29) is 24.1 Å². The fourth-order valence-corrected chi connectivity index (χ4v) is 4.54. The number of thiazole rings is 1. The van der Waals surface area contributed by atoms with Gasteiger partial charge < -0.3 is 15.5 Å². The first-order chi connectivity index (χ1) is 14.4. The number of carbonyl (C=O) groups is 3. The van der Waals surface area contributed by atoms with Gasteiger partial charge in [-0.1, -0.05) is 18.2 Å². The van der Waals surface area contributed by atoms with Crippen LogP contribution in [0.2, 0.25) is 0 Å². The highest BCUT2D eigenvalue weighted by Gasteiger charge is 2.36. The number of anilines is 2. The summed E-state index contributed by atoms with van der Waals surface area (Å²) in [4.78, 5) is 45.1. The SMILES string of the molecule is CSCC[C@H](NC(=O)[C@@H]1CC(=O)N(c2ccccc2)C1)C(=O)Nc1nc(C)c(C)s1. The highest BCUT2D eigenvalue weighted by molar-refractivity contribution is 7.98. The van der Waals surface area contributed by atoms with Crippen molar-refractivity contribution in [3.8, 4) is 0 Å². The van der Waals surface area contributed by atoms with E-state index in [1.165, 1.54) is 11.3 Å². The average Bonchev–Trinajstić information content (AvgIpc) is 3.27. The van der Waals surface area contributed by atoms with Gasteiger partial charge in [0, 0.05) is 23.5 Å². The molecular formula is C21H26N4O3S2. The summed E-state index contributed by atoms with van der Waals surface area (Å²) in [6.07, 6.45) is 2.60. The second kappa shape index (κ2) is 10.1. The number of hydrogen-bond acceptors (Lipinski definition) is 6. The van der Waals surface area contributed by atoms with E-state index < -0.39 is 12.0 Å². The Morgan fingerprint density at radius 1 is 1.30 bits per heavy atom. The van der Waals surface area contributed by atoms with Gasteiger partial charge in [0.25, 0.3) is 0 Å². The molecule has 2 N–H and O–H groups in total. The Hall–Kier alpha value is -2.39. The van der Waals surface area contributed by atoms with Gasteiger partial charge in [0.15, 0.2) is 5.13 Å². The molecule has 0 aliphatic carbocycles. The molecule has 3 rings (SSSR count). The molecule has 0 spiro atoms. The molecule has 0 radical (unpaired) electrons. The molecule has 0 bridgehead atoms. The van der Waals surface area contributed by atoms with Crippen LogP contribution in [0.15, 0.2) is 30.3 Å². The number of aromatic nitrogens is 1. The third-order valence-corrected chi connectivity index (χ3v) is 6.70. The third-order valence-electron chi connectivity index (χ3n) is 5.07. The maximum atomic E-state index is 12.9. The number of benzene rings is 1. The fraction of sp³-hybridized carbons (Fsp3) is 0.429. The smallest absolute Gasteiger partial charge is 0.248 e. The van der Waals surface area contributed by atoms with Crippen molar-refractivity contribution in [1.82, 2.24) is 10.3 Å². The summed E-state index contributed by atoms with van der Waals surface area (Å²) in [6, 6.07) is 8.64. The maximum Gasteiger partial charge on any atom is 0.248 e. The molecule has 1 aliphatic rings. The van der Waals surface area contributed by atoms with Crippen LogP contribution >= 0.6 is 23.1 Å². The monoisotopic (exact) mass is 446 g/mol. The van der Waals surface area contributed by atoms with Gasteiger partial charge in [0.05, 0.1) is 11.6 Å². The van der Waals surface area contributed by atoms with Crippen LogP contribution in [-0.4, -0.2) is 47.3 Å². The van der Waals surface area contributed by atoms with Gasteiger partial charge in [-0.3, -0.25) is 14.4 Å². The molecule has 1 aromatic carbocycles. The van der Waals surface area contributed by atoms with Crippen LogP contribution in [0.3, 0.4) is 0 Å². The summed E-state index contributed by atoms with van der Waals surface area (Å²) in [5.74, 6) is -0.384. The number of hydrogen-bond donors (Lipinski definition) is 2. The number of nitrogens with one attached hydrogen (secondary N) is 2.